The van der Waals surface area contributed by atoms with Crippen LogP contribution in [0.5, 0.6) is 5.75 Å². The highest BCUT2D eigenvalue weighted by atomic mass is 19.4. The summed E-state index contributed by atoms with van der Waals surface area (Å²) in [6, 6.07) is 4.20. The number of phenols is 1. The predicted octanol–water partition coefficient (Wildman–Crippen LogP) is 2.18. The van der Waals surface area contributed by atoms with E-state index in [1.54, 1.807) is 6.07 Å². The zero-order chi connectivity index (χ0) is 19.6. The molecule has 0 amide bonds. The van der Waals surface area contributed by atoms with Crippen LogP contribution < -0.4 is 5.32 Å². The summed E-state index contributed by atoms with van der Waals surface area (Å²) in [6.45, 7) is -0.422. The fraction of sp³-hybridized carbons (Fsp3) is 0.235. The third kappa shape index (κ3) is 3.91. The zero-order valence-corrected chi connectivity index (χ0v) is 13.8. The molecule has 7 nitrogen and oxygen atoms in total. The van der Waals surface area contributed by atoms with Crippen LogP contribution in [-0.4, -0.2) is 49.8 Å². The number of benzene rings is 1. The highest BCUT2D eigenvalue weighted by Gasteiger charge is 2.31. The number of nitrogens with one attached hydrogen (secondary N) is 1. The second-order valence-electron chi connectivity index (χ2n) is 5.77. The SMILES string of the molecule is OC[C@@H](O)CNc1nnc(-c2ccc(C(F)(F)F)cc2O)c2ccncc12. The molecule has 10 heteroatoms. The molecule has 0 saturated heterocycles. The van der Waals surface area contributed by atoms with Crippen molar-refractivity contribution in [2.24, 2.45) is 0 Å². The molecule has 142 valence electrons. The normalized spacial score (nSPS) is 12.9. The van der Waals surface area contributed by atoms with Crippen molar-refractivity contribution >= 4 is 16.6 Å². The standard InChI is InChI=1S/C17H15F3N4O3/c18-17(19,20)9-1-2-12(14(27)5-9)15-11-3-4-21-7-13(11)16(24-23-15)22-6-10(26)8-25/h1-5,7,10,25-27H,6,8H2,(H,22,24)/t10-/m0/s1. The molecule has 0 aliphatic heterocycles. The number of hydrogen-bond acceptors (Lipinski definition) is 7. The van der Waals surface area contributed by atoms with E-state index in [0.717, 1.165) is 12.1 Å². The van der Waals surface area contributed by atoms with Crippen molar-refractivity contribution in [2.75, 3.05) is 18.5 Å². The number of aromatic hydroxyl groups is 1. The van der Waals surface area contributed by atoms with Crippen LogP contribution in [-0.2, 0) is 6.18 Å². The number of rotatable bonds is 5. The lowest BCUT2D eigenvalue weighted by molar-refractivity contribution is -0.137. The fourth-order valence-corrected chi connectivity index (χ4v) is 2.51. The first-order chi connectivity index (χ1) is 12.8. The number of alkyl halides is 3. The van der Waals surface area contributed by atoms with Crippen molar-refractivity contribution in [3.63, 3.8) is 0 Å². The molecule has 4 N–H and O–H groups in total. The Morgan fingerprint density at radius 2 is 1.89 bits per heavy atom. The monoisotopic (exact) mass is 380 g/mol. The van der Waals surface area contributed by atoms with Gasteiger partial charge in [0.05, 0.1) is 18.3 Å². The number of aliphatic hydroxyl groups is 2. The van der Waals surface area contributed by atoms with E-state index >= 15 is 0 Å². The van der Waals surface area contributed by atoms with Gasteiger partial charge in [-0.2, -0.15) is 13.2 Å². The number of anilines is 1. The number of fused-ring (bicyclic) bond motifs is 1. The number of halogens is 3. The first-order valence-corrected chi connectivity index (χ1v) is 7.85. The molecule has 3 aromatic rings. The van der Waals surface area contributed by atoms with Crippen LogP contribution in [0.25, 0.3) is 22.0 Å². The number of aliphatic hydroxyl groups excluding tert-OH is 2. The molecule has 0 saturated carbocycles. The maximum atomic E-state index is 12.8. The average Bonchev–Trinajstić information content (AvgIpc) is 2.65. The van der Waals surface area contributed by atoms with Gasteiger partial charge in [-0.1, -0.05) is 0 Å². The van der Waals surface area contributed by atoms with E-state index in [1.165, 1.54) is 12.4 Å². The number of hydrogen-bond donors (Lipinski definition) is 4. The van der Waals surface area contributed by atoms with Gasteiger partial charge in [-0.15, -0.1) is 10.2 Å². The van der Waals surface area contributed by atoms with Crippen LogP contribution in [0.4, 0.5) is 19.0 Å². The lowest BCUT2D eigenvalue weighted by atomic mass is 10.0. The molecule has 1 atom stereocenters. The number of aromatic nitrogens is 3. The molecular formula is C17H15F3N4O3. The Balaban J connectivity index is 2.06. The van der Waals surface area contributed by atoms with Gasteiger partial charge >= 0.3 is 6.18 Å². The van der Waals surface area contributed by atoms with Gasteiger partial charge in [-0.3, -0.25) is 4.98 Å². The van der Waals surface area contributed by atoms with E-state index < -0.39 is 30.2 Å². The van der Waals surface area contributed by atoms with Crippen LogP contribution >= 0.6 is 0 Å². The Bertz CT molecular complexity index is 966. The Morgan fingerprint density at radius 3 is 2.56 bits per heavy atom. The molecule has 0 radical (unpaired) electrons. The molecule has 0 bridgehead atoms. The summed E-state index contributed by atoms with van der Waals surface area (Å²) in [5, 5.41) is 40.2. The van der Waals surface area contributed by atoms with Gasteiger partial charge in [0.2, 0.25) is 0 Å². The highest BCUT2D eigenvalue weighted by molar-refractivity contribution is 6.00. The van der Waals surface area contributed by atoms with Gasteiger partial charge in [0.15, 0.2) is 5.82 Å². The summed E-state index contributed by atoms with van der Waals surface area (Å²) in [5.74, 6) is -0.297. The van der Waals surface area contributed by atoms with Crippen molar-refractivity contribution in [3.8, 4) is 17.0 Å². The highest BCUT2D eigenvalue weighted by Crippen LogP contribution is 2.38. The van der Waals surface area contributed by atoms with Crippen molar-refractivity contribution in [1.29, 1.82) is 0 Å². The molecule has 0 aliphatic carbocycles. The Morgan fingerprint density at radius 1 is 1.11 bits per heavy atom. The molecule has 2 aromatic heterocycles. The summed E-state index contributed by atoms with van der Waals surface area (Å²) in [7, 11) is 0. The first kappa shape index (κ1) is 18.8. The summed E-state index contributed by atoms with van der Waals surface area (Å²) < 4.78 is 38.4. The molecular weight excluding hydrogens is 365 g/mol. The Hall–Kier alpha value is -2.98. The van der Waals surface area contributed by atoms with Crippen molar-refractivity contribution in [2.45, 2.75) is 12.3 Å². The van der Waals surface area contributed by atoms with Gasteiger partial charge in [-0.25, -0.2) is 0 Å². The van der Waals surface area contributed by atoms with E-state index in [9.17, 15) is 23.4 Å². The second-order valence-corrected chi connectivity index (χ2v) is 5.77. The lowest BCUT2D eigenvalue weighted by Gasteiger charge is -2.14. The minimum absolute atomic E-state index is 0.0139. The molecule has 27 heavy (non-hydrogen) atoms. The average molecular weight is 380 g/mol. The van der Waals surface area contributed by atoms with E-state index in [1.807, 2.05) is 0 Å². The van der Waals surface area contributed by atoms with Crippen LogP contribution in [0, 0.1) is 0 Å². The minimum atomic E-state index is -4.57. The third-order valence-electron chi connectivity index (χ3n) is 3.88. The van der Waals surface area contributed by atoms with E-state index in [0.29, 0.717) is 16.8 Å². The molecule has 3 rings (SSSR count). The van der Waals surface area contributed by atoms with Gasteiger partial charge in [0.1, 0.15) is 11.4 Å². The van der Waals surface area contributed by atoms with Crippen LogP contribution in [0.1, 0.15) is 5.56 Å². The quantitative estimate of drug-likeness (QED) is 0.537. The number of nitrogens with zero attached hydrogens (tertiary/aromatic N) is 3. The Labute approximate surface area is 151 Å². The molecule has 1 aromatic carbocycles. The maximum Gasteiger partial charge on any atom is 0.416 e. The molecule has 0 fully saturated rings. The third-order valence-corrected chi connectivity index (χ3v) is 3.88. The van der Waals surface area contributed by atoms with Gasteiger partial charge in [0, 0.05) is 35.3 Å². The fourth-order valence-electron chi connectivity index (χ4n) is 2.51. The zero-order valence-electron chi connectivity index (χ0n) is 13.8. The second kappa shape index (κ2) is 7.33. The molecule has 0 unspecified atom stereocenters. The predicted molar refractivity (Wildman–Crippen MR) is 91.0 cm³/mol. The summed E-state index contributed by atoms with van der Waals surface area (Å²) in [4.78, 5) is 3.99. The van der Waals surface area contributed by atoms with Crippen molar-refractivity contribution in [1.82, 2.24) is 15.2 Å². The molecule has 0 spiro atoms. The smallest absolute Gasteiger partial charge is 0.416 e. The van der Waals surface area contributed by atoms with Crippen molar-refractivity contribution < 1.29 is 28.5 Å². The lowest BCUT2D eigenvalue weighted by Crippen LogP contribution is -2.23. The number of phenolic OH excluding ortho intramolecular Hbond substituents is 1. The van der Waals surface area contributed by atoms with Gasteiger partial charge < -0.3 is 20.6 Å². The van der Waals surface area contributed by atoms with Crippen LogP contribution in [0.2, 0.25) is 0 Å². The molecule has 2 heterocycles. The minimum Gasteiger partial charge on any atom is -0.507 e. The maximum absolute atomic E-state index is 12.8. The van der Waals surface area contributed by atoms with Gasteiger partial charge in [0.25, 0.3) is 0 Å². The van der Waals surface area contributed by atoms with E-state index in [-0.39, 0.29) is 23.6 Å². The topological polar surface area (TPSA) is 111 Å². The van der Waals surface area contributed by atoms with Crippen LogP contribution in [0.3, 0.4) is 0 Å². The van der Waals surface area contributed by atoms with Gasteiger partial charge in [-0.05, 0) is 24.3 Å². The largest absolute Gasteiger partial charge is 0.507 e. The van der Waals surface area contributed by atoms with E-state index in [2.05, 4.69) is 20.5 Å². The number of pyridine rings is 1. The summed E-state index contributed by atoms with van der Waals surface area (Å²) in [6.07, 6.45) is -2.63. The summed E-state index contributed by atoms with van der Waals surface area (Å²) >= 11 is 0. The first-order valence-electron chi connectivity index (χ1n) is 7.85. The Kier molecular flexibility index (Phi) is 5.10. The molecule has 0 aliphatic rings. The van der Waals surface area contributed by atoms with Crippen LogP contribution in [0.15, 0.2) is 36.7 Å². The van der Waals surface area contributed by atoms with E-state index in [4.69, 9.17) is 5.11 Å². The van der Waals surface area contributed by atoms with Crippen molar-refractivity contribution in [3.05, 3.63) is 42.2 Å². The summed E-state index contributed by atoms with van der Waals surface area (Å²) in [5.41, 5.74) is -0.695.